The fourth-order valence-electron chi connectivity index (χ4n) is 2.38. The van der Waals surface area contributed by atoms with Gasteiger partial charge in [0.15, 0.2) is 0 Å². The summed E-state index contributed by atoms with van der Waals surface area (Å²) in [7, 11) is 0. The molecule has 0 spiro atoms. The Bertz CT molecular complexity index is 704. The summed E-state index contributed by atoms with van der Waals surface area (Å²) >= 11 is 0. The summed E-state index contributed by atoms with van der Waals surface area (Å²) in [6.07, 6.45) is 0.722. The van der Waals surface area contributed by atoms with E-state index in [1.165, 1.54) is 0 Å². The Morgan fingerprint density at radius 1 is 1.14 bits per heavy atom. The lowest BCUT2D eigenvalue weighted by Gasteiger charge is -2.13. The minimum atomic E-state index is -0.852. The lowest BCUT2D eigenvalue weighted by molar-refractivity contribution is -0.136. The van der Waals surface area contributed by atoms with Crippen molar-refractivity contribution < 1.29 is 19.7 Å². The van der Waals surface area contributed by atoms with E-state index in [2.05, 4.69) is 0 Å². The molecule has 2 aromatic carbocycles. The highest BCUT2D eigenvalue weighted by atomic mass is 16.5. The fraction of sp³-hybridized carbons (Fsp3) is 0.278. The minimum Gasteiger partial charge on any atom is -0.507 e. The molecule has 2 aromatic rings. The Kier molecular flexibility index (Phi) is 4.71. The van der Waals surface area contributed by atoms with Crippen LogP contribution in [0.15, 0.2) is 30.3 Å². The number of carboxylic acid groups (broad SMARTS) is 1. The van der Waals surface area contributed by atoms with Gasteiger partial charge in [0.05, 0.1) is 6.42 Å². The lowest BCUT2D eigenvalue weighted by atomic mass is 10.1. The zero-order valence-electron chi connectivity index (χ0n) is 13.0. The van der Waals surface area contributed by atoms with E-state index in [0.717, 1.165) is 28.7 Å². The van der Waals surface area contributed by atoms with Gasteiger partial charge in [0.25, 0.3) is 0 Å². The molecule has 0 heterocycles. The summed E-state index contributed by atoms with van der Waals surface area (Å²) < 4.78 is 5.89. The van der Waals surface area contributed by atoms with Crippen LogP contribution in [-0.2, 0) is 17.6 Å². The third-order valence-electron chi connectivity index (χ3n) is 3.56. The van der Waals surface area contributed by atoms with Crippen LogP contribution >= 0.6 is 0 Å². The summed E-state index contributed by atoms with van der Waals surface area (Å²) in [6.45, 7) is 5.70. The first-order chi connectivity index (χ1) is 10.4. The molecule has 116 valence electrons. The van der Waals surface area contributed by atoms with Crippen molar-refractivity contribution in [2.75, 3.05) is 0 Å². The van der Waals surface area contributed by atoms with Gasteiger partial charge < -0.3 is 14.9 Å². The minimum absolute atomic E-state index is 0.000575. The van der Waals surface area contributed by atoms with Crippen molar-refractivity contribution in [1.82, 2.24) is 0 Å². The van der Waals surface area contributed by atoms with E-state index in [9.17, 15) is 9.90 Å². The molecule has 0 saturated heterocycles. The van der Waals surface area contributed by atoms with Gasteiger partial charge in [-0.05, 0) is 60.7 Å². The molecule has 4 nitrogen and oxygen atoms in total. The van der Waals surface area contributed by atoms with Gasteiger partial charge in [-0.2, -0.15) is 0 Å². The molecule has 2 N–H and O–H groups in total. The predicted molar refractivity (Wildman–Crippen MR) is 84.8 cm³/mol. The quantitative estimate of drug-likeness (QED) is 0.876. The third kappa shape index (κ3) is 3.58. The molecule has 0 atom stereocenters. The van der Waals surface area contributed by atoms with Crippen LogP contribution in [0.2, 0.25) is 0 Å². The van der Waals surface area contributed by atoms with Gasteiger partial charge >= 0.3 is 5.97 Å². The molecular weight excluding hydrogens is 280 g/mol. The number of carbonyl (C=O) groups is 1. The molecule has 0 aromatic heterocycles. The number of hydrogen-bond donors (Lipinski definition) is 2. The Hall–Kier alpha value is -2.49. The monoisotopic (exact) mass is 300 g/mol. The van der Waals surface area contributed by atoms with Gasteiger partial charge in [0, 0.05) is 0 Å². The van der Waals surface area contributed by atoms with Crippen molar-refractivity contribution in [3.8, 4) is 17.2 Å². The van der Waals surface area contributed by atoms with Crippen LogP contribution in [0.5, 0.6) is 17.2 Å². The van der Waals surface area contributed by atoms with E-state index >= 15 is 0 Å². The SMILES string of the molecule is CCc1cc(Oc2ccc(CC(=O)O)cc2C)cc(C)c1O. The molecule has 0 aliphatic carbocycles. The zero-order valence-corrected chi connectivity index (χ0v) is 13.0. The smallest absolute Gasteiger partial charge is 0.307 e. The molecule has 2 rings (SSSR count). The van der Waals surface area contributed by atoms with Gasteiger partial charge in [-0.25, -0.2) is 0 Å². The lowest BCUT2D eigenvalue weighted by Crippen LogP contribution is -2.00. The molecule has 0 saturated carbocycles. The summed E-state index contributed by atoms with van der Waals surface area (Å²) in [6, 6.07) is 8.97. The van der Waals surface area contributed by atoms with Crippen molar-refractivity contribution in [3.63, 3.8) is 0 Å². The molecule has 0 radical (unpaired) electrons. The van der Waals surface area contributed by atoms with Crippen molar-refractivity contribution in [1.29, 1.82) is 0 Å². The van der Waals surface area contributed by atoms with Gasteiger partial charge in [-0.1, -0.05) is 19.1 Å². The fourth-order valence-corrected chi connectivity index (χ4v) is 2.38. The Morgan fingerprint density at radius 3 is 2.45 bits per heavy atom. The number of phenols is 1. The first-order valence-corrected chi connectivity index (χ1v) is 7.22. The number of aliphatic carboxylic acids is 1. The van der Waals surface area contributed by atoms with Gasteiger partial charge in [-0.3, -0.25) is 4.79 Å². The second-order valence-corrected chi connectivity index (χ2v) is 5.37. The summed E-state index contributed by atoms with van der Waals surface area (Å²) in [5.41, 5.74) is 3.24. The predicted octanol–water partition coefficient (Wildman–Crippen LogP) is 3.99. The van der Waals surface area contributed by atoms with Crippen LogP contribution in [0.4, 0.5) is 0 Å². The average molecular weight is 300 g/mol. The highest BCUT2D eigenvalue weighted by molar-refractivity contribution is 5.70. The molecular formula is C18H20O4. The summed E-state index contributed by atoms with van der Waals surface area (Å²) in [4.78, 5) is 10.7. The van der Waals surface area contributed by atoms with Crippen LogP contribution in [0.3, 0.4) is 0 Å². The standard InChI is InChI=1S/C18H20O4/c1-4-14-10-15(8-12(3)18(14)21)22-16-6-5-13(7-11(16)2)9-17(19)20/h5-8,10,21H,4,9H2,1-3H3,(H,19,20). The molecule has 4 heteroatoms. The topological polar surface area (TPSA) is 66.8 Å². The molecule has 0 aliphatic heterocycles. The number of ether oxygens (including phenoxy) is 1. The Morgan fingerprint density at radius 2 is 1.86 bits per heavy atom. The Labute approximate surface area is 130 Å². The van der Waals surface area contributed by atoms with Crippen molar-refractivity contribution >= 4 is 5.97 Å². The van der Waals surface area contributed by atoms with Crippen LogP contribution in [0, 0.1) is 13.8 Å². The van der Waals surface area contributed by atoms with Crippen molar-refractivity contribution in [2.24, 2.45) is 0 Å². The van der Waals surface area contributed by atoms with E-state index < -0.39 is 5.97 Å². The normalized spacial score (nSPS) is 10.5. The molecule has 0 unspecified atom stereocenters. The Balaban J connectivity index is 2.27. The van der Waals surface area contributed by atoms with Crippen LogP contribution in [-0.4, -0.2) is 16.2 Å². The third-order valence-corrected chi connectivity index (χ3v) is 3.56. The van der Waals surface area contributed by atoms with Gasteiger partial charge in [-0.15, -0.1) is 0 Å². The highest BCUT2D eigenvalue weighted by Gasteiger charge is 2.09. The molecule has 0 fully saturated rings. The number of phenolic OH excluding ortho intramolecular Hbond substituents is 1. The van der Waals surface area contributed by atoms with Gasteiger partial charge in [0.2, 0.25) is 0 Å². The number of aryl methyl sites for hydroxylation is 3. The largest absolute Gasteiger partial charge is 0.507 e. The molecule has 0 amide bonds. The molecule has 0 bridgehead atoms. The maximum absolute atomic E-state index is 10.7. The molecule has 22 heavy (non-hydrogen) atoms. The molecule has 0 aliphatic rings. The van der Waals surface area contributed by atoms with E-state index in [4.69, 9.17) is 9.84 Å². The van der Waals surface area contributed by atoms with E-state index in [-0.39, 0.29) is 6.42 Å². The van der Waals surface area contributed by atoms with Crippen LogP contribution < -0.4 is 4.74 Å². The summed E-state index contributed by atoms with van der Waals surface area (Å²) in [5, 5.41) is 18.8. The maximum Gasteiger partial charge on any atom is 0.307 e. The first-order valence-electron chi connectivity index (χ1n) is 7.22. The number of benzene rings is 2. The highest BCUT2D eigenvalue weighted by Crippen LogP contribution is 2.32. The van der Waals surface area contributed by atoms with Crippen LogP contribution in [0.1, 0.15) is 29.2 Å². The second kappa shape index (κ2) is 6.52. The van der Waals surface area contributed by atoms with Crippen molar-refractivity contribution in [3.05, 3.63) is 52.6 Å². The number of aromatic hydroxyl groups is 1. The van der Waals surface area contributed by atoms with Crippen molar-refractivity contribution in [2.45, 2.75) is 33.6 Å². The second-order valence-electron chi connectivity index (χ2n) is 5.37. The number of hydrogen-bond acceptors (Lipinski definition) is 3. The van der Waals surface area contributed by atoms with E-state index in [0.29, 0.717) is 17.2 Å². The number of rotatable bonds is 5. The van der Waals surface area contributed by atoms with Crippen LogP contribution in [0.25, 0.3) is 0 Å². The van der Waals surface area contributed by atoms with E-state index in [1.807, 2.05) is 32.9 Å². The maximum atomic E-state index is 10.7. The zero-order chi connectivity index (χ0) is 16.3. The van der Waals surface area contributed by atoms with Gasteiger partial charge in [0.1, 0.15) is 17.2 Å². The summed E-state index contributed by atoms with van der Waals surface area (Å²) in [5.74, 6) is 0.806. The average Bonchev–Trinajstić information content (AvgIpc) is 2.45. The first kappa shape index (κ1) is 15.9. The number of carboxylic acids is 1. The van der Waals surface area contributed by atoms with E-state index in [1.54, 1.807) is 18.2 Å².